The molecule has 8 fully saturated rings. The summed E-state index contributed by atoms with van der Waals surface area (Å²) in [6.45, 7) is 12.6. The van der Waals surface area contributed by atoms with Crippen LogP contribution < -0.4 is 16.0 Å². The van der Waals surface area contributed by atoms with Gasteiger partial charge in [-0.2, -0.15) is 0 Å². The van der Waals surface area contributed by atoms with Crippen molar-refractivity contribution in [2.24, 2.45) is 11.8 Å². The van der Waals surface area contributed by atoms with Crippen molar-refractivity contribution in [3.8, 4) is 0 Å². The molecule has 5 atom stereocenters. The van der Waals surface area contributed by atoms with Crippen LogP contribution >= 0.6 is 0 Å². The van der Waals surface area contributed by atoms with Gasteiger partial charge in [-0.3, -0.25) is 9.69 Å². The average Bonchev–Trinajstić information content (AvgIpc) is 3.89. The van der Waals surface area contributed by atoms with Crippen LogP contribution in [0.3, 0.4) is 0 Å². The van der Waals surface area contributed by atoms with Crippen molar-refractivity contribution in [1.82, 2.24) is 40.4 Å². The second-order valence-electron chi connectivity index (χ2n) is 16.7. The summed E-state index contributed by atoms with van der Waals surface area (Å²) in [5, 5.41) is 9.62. The van der Waals surface area contributed by atoms with Crippen LogP contribution in [0.1, 0.15) is 104 Å². The van der Waals surface area contributed by atoms with Crippen LogP contribution in [0.25, 0.3) is 0 Å². The minimum absolute atomic E-state index is 0.109. The zero-order valence-corrected chi connectivity index (χ0v) is 33.5. The molecule has 8 aliphatic rings. The molecule has 2 aliphatic carbocycles. The maximum Gasteiger partial charge on any atom is 0.410 e. The molecule has 6 amide bonds. The Balaban J connectivity index is 0.000000156. The van der Waals surface area contributed by atoms with E-state index in [1.807, 2.05) is 11.8 Å². The molecule has 3 N–H and O–H groups in total. The normalized spacial score (nSPS) is 30.5. The van der Waals surface area contributed by atoms with E-state index in [1.54, 1.807) is 6.92 Å². The fourth-order valence-corrected chi connectivity index (χ4v) is 10.4. The highest BCUT2D eigenvalue weighted by atomic mass is 16.6. The zero-order valence-electron chi connectivity index (χ0n) is 33.5. The summed E-state index contributed by atoms with van der Waals surface area (Å²) in [5.41, 5.74) is 0. The third-order valence-electron chi connectivity index (χ3n) is 13.3. The molecule has 0 bridgehead atoms. The highest BCUT2D eigenvalue weighted by Crippen LogP contribution is 2.35. The number of ketones is 1. The van der Waals surface area contributed by atoms with E-state index in [9.17, 15) is 24.0 Å². The second kappa shape index (κ2) is 20.2. The molecule has 8 rings (SSSR count). The first-order valence-electron chi connectivity index (χ1n) is 21.7. The topological polar surface area (TPSA) is 156 Å². The number of amides is 6. The maximum atomic E-state index is 12.6. The number of nitrogens with zero attached hydrogens (tertiary/aromatic N) is 5. The van der Waals surface area contributed by atoms with Crippen LogP contribution in [0.5, 0.6) is 0 Å². The summed E-state index contributed by atoms with van der Waals surface area (Å²) in [5.74, 6) is 1.46. The minimum Gasteiger partial charge on any atom is -0.450 e. The Morgan fingerprint density at radius 1 is 0.618 bits per heavy atom. The molecule has 6 saturated heterocycles. The van der Waals surface area contributed by atoms with E-state index in [-0.39, 0.29) is 36.6 Å². The van der Waals surface area contributed by atoms with Crippen LogP contribution in [-0.4, -0.2) is 163 Å². The number of hydrogen-bond acceptors (Lipinski definition) is 9. The summed E-state index contributed by atoms with van der Waals surface area (Å²) >= 11 is 0. The third-order valence-corrected chi connectivity index (χ3v) is 13.3. The number of likely N-dealkylation sites (tertiary alicyclic amines) is 3. The molecule has 6 aliphatic heterocycles. The number of carbonyl (C=O) groups is 5. The molecule has 310 valence electrons. The van der Waals surface area contributed by atoms with Crippen LogP contribution in [0, 0.1) is 11.8 Å². The van der Waals surface area contributed by atoms with E-state index >= 15 is 0 Å². The van der Waals surface area contributed by atoms with Crippen molar-refractivity contribution in [2.45, 2.75) is 134 Å². The number of fused-ring (bicyclic) bond motifs is 2. The fourth-order valence-electron chi connectivity index (χ4n) is 10.4. The summed E-state index contributed by atoms with van der Waals surface area (Å²) in [6, 6.07) is 2.62. The van der Waals surface area contributed by atoms with E-state index in [0.717, 1.165) is 84.5 Å². The zero-order chi connectivity index (χ0) is 38.7. The number of hydrogen-bond donors (Lipinski definition) is 3. The van der Waals surface area contributed by atoms with Gasteiger partial charge in [-0.05, 0) is 96.6 Å². The Bertz CT molecular complexity index is 1310. The molecule has 0 radical (unpaired) electrons. The molecule has 1 unspecified atom stereocenters. The lowest BCUT2D eigenvalue weighted by Gasteiger charge is -2.49. The number of urea groups is 2. The monoisotopic (exact) mass is 773 g/mol. The largest absolute Gasteiger partial charge is 0.450 e. The van der Waals surface area contributed by atoms with Crippen molar-refractivity contribution >= 4 is 30.0 Å². The standard InChI is InChI=1S/C20H34N4O3.C13H23N3O.C7H11NO3/c1-2-27-20(26)23-12-9-17(14-23)22-10-7-16(8-11-22)24-18-6-4-3-5-15(18)13-21-19(24)25;17-13-15-9-10-3-1-2-4-12(10)16(13)11-5-7-14-8-6-11;1-2-11-7(10)8-4-3-6(9)5-8/h15-18H,2-14H2,1H3,(H,21,25);10-12,14H,1-9H2,(H,15,17);2-5H2,1H3/t15-,17?,18+;10-,12+;/m11./s1. The van der Waals surface area contributed by atoms with Crippen LogP contribution in [-0.2, 0) is 14.3 Å². The molecule has 0 aromatic carbocycles. The van der Waals surface area contributed by atoms with E-state index in [2.05, 4.69) is 30.7 Å². The van der Waals surface area contributed by atoms with Crippen molar-refractivity contribution in [3.63, 3.8) is 0 Å². The Kier molecular flexibility index (Phi) is 15.2. The summed E-state index contributed by atoms with van der Waals surface area (Å²) in [6.07, 6.45) is 15.4. The third kappa shape index (κ3) is 10.5. The summed E-state index contributed by atoms with van der Waals surface area (Å²) in [4.78, 5) is 68.5. The van der Waals surface area contributed by atoms with E-state index in [4.69, 9.17) is 9.47 Å². The predicted octanol–water partition coefficient (Wildman–Crippen LogP) is 4.01. The van der Waals surface area contributed by atoms with Crippen molar-refractivity contribution in [2.75, 3.05) is 78.7 Å². The van der Waals surface area contributed by atoms with E-state index in [1.165, 1.54) is 56.3 Å². The van der Waals surface area contributed by atoms with Crippen LogP contribution in [0.2, 0.25) is 0 Å². The SMILES string of the molecule is CCOC(=O)N1CCC(=O)C1.CCOC(=O)N1CCC(N2CCC(N3C(=O)NC[C@H]4CCCC[C@@H]43)CC2)C1.O=C1NC[C@H]2CCCC[C@@H]2N1C1CCNCC1. The number of Topliss-reactive ketones (excluding diaryl/α,β-unsaturated/α-hetero) is 1. The molecule has 55 heavy (non-hydrogen) atoms. The van der Waals surface area contributed by atoms with Crippen molar-refractivity contribution in [1.29, 1.82) is 0 Å². The van der Waals surface area contributed by atoms with Gasteiger partial charge in [-0.25, -0.2) is 19.2 Å². The lowest BCUT2D eigenvalue weighted by Crippen LogP contribution is -2.63. The number of rotatable bonds is 5. The van der Waals surface area contributed by atoms with Gasteiger partial charge in [0.2, 0.25) is 0 Å². The summed E-state index contributed by atoms with van der Waals surface area (Å²) in [7, 11) is 0. The van der Waals surface area contributed by atoms with Crippen LogP contribution in [0.4, 0.5) is 19.2 Å². The Morgan fingerprint density at radius 3 is 1.65 bits per heavy atom. The Hall–Kier alpha value is -3.33. The molecular weight excluding hydrogens is 704 g/mol. The van der Waals surface area contributed by atoms with Gasteiger partial charge in [0.25, 0.3) is 0 Å². The molecule has 0 aromatic rings. The first-order valence-corrected chi connectivity index (χ1v) is 21.7. The molecule has 6 heterocycles. The molecular formula is C40H68N8O7. The number of nitrogens with one attached hydrogen (secondary N) is 3. The van der Waals surface area contributed by atoms with E-state index < -0.39 is 0 Å². The minimum atomic E-state index is -0.377. The number of piperidine rings is 2. The highest BCUT2D eigenvalue weighted by Gasteiger charge is 2.43. The van der Waals surface area contributed by atoms with Crippen LogP contribution in [0.15, 0.2) is 0 Å². The quantitative estimate of drug-likeness (QED) is 0.376. The molecule has 15 nitrogen and oxygen atoms in total. The highest BCUT2D eigenvalue weighted by molar-refractivity contribution is 5.87. The number of ether oxygens (including phenoxy) is 2. The Morgan fingerprint density at radius 2 is 1.13 bits per heavy atom. The summed E-state index contributed by atoms with van der Waals surface area (Å²) < 4.78 is 9.85. The van der Waals surface area contributed by atoms with Gasteiger partial charge in [-0.15, -0.1) is 0 Å². The van der Waals surface area contributed by atoms with Gasteiger partial charge in [0.1, 0.15) is 0 Å². The number of carbonyl (C=O) groups excluding carboxylic acids is 5. The molecule has 0 spiro atoms. The molecule has 15 heteroatoms. The van der Waals surface area contributed by atoms with Gasteiger partial charge in [0.05, 0.1) is 19.8 Å². The Labute approximate surface area is 327 Å². The van der Waals surface area contributed by atoms with Gasteiger partial charge < -0.3 is 45.0 Å². The van der Waals surface area contributed by atoms with Crippen molar-refractivity contribution in [3.05, 3.63) is 0 Å². The molecule has 0 aromatic heterocycles. The smallest absolute Gasteiger partial charge is 0.410 e. The molecule has 2 saturated carbocycles. The van der Waals surface area contributed by atoms with Gasteiger partial charge in [-0.1, -0.05) is 25.7 Å². The lowest BCUT2D eigenvalue weighted by molar-refractivity contribution is -0.116. The fraction of sp³-hybridized carbons (Fsp3) is 0.875. The maximum absolute atomic E-state index is 12.6. The van der Waals surface area contributed by atoms with Crippen molar-refractivity contribution < 1.29 is 33.4 Å². The van der Waals surface area contributed by atoms with E-state index in [0.29, 0.717) is 68.2 Å². The first-order chi connectivity index (χ1) is 26.8. The second-order valence-corrected chi connectivity index (χ2v) is 16.7. The first kappa shape index (κ1) is 41.3. The predicted molar refractivity (Wildman–Crippen MR) is 208 cm³/mol. The van der Waals surface area contributed by atoms with Gasteiger partial charge in [0.15, 0.2) is 5.78 Å². The van der Waals surface area contributed by atoms with Gasteiger partial charge in [0, 0.05) is 82.4 Å². The van der Waals surface area contributed by atoms with Gasteiger partial charge >= 0.3 is 24.2 Å². The lowest BCUT2D eigenvalue weighted by atomic mass is 9.81. The average molecular weight is 773 g/mol.